The van der Waals surface area contributed by atoms with Gasteiger partial charge in [0.1, 0.15) is 0 Å². The zero-order valence-corrected chi connectivity index (χ0v) is 9.39. The van der Waals surface area contributed by atoms with E-state index in [0.29, 0.717) is 0 Å². The summed E-state index contributed by atoms with van der Waals surface area (Å²) in [6.45, 7) is 0. The predicted molar refractivity (Wildman–Crippen MR) is 50.8 cm³/mol. The van der Waals surface area contributed by atoms with Gasteiger partial charge in [-0.2, -0.15) is 0 Å². The number of rotatable bonds is 0. The van der Waals surface area contributed by atoms with Gasteiger partial charge in [-0.25, -0.2) is 0 Å². The summed E-state index contributed by atoms with van der Waals surface area (Å²) < 4.78 is 3.30. The first-order valence-corrected chi connectivity index (χ1v) is 9.91. The van der Waals surface area contributed by atoms with Crippen molar-refractivity contribution in [1.82, 2.24) is 0 Å². The molecule has 0 unspecified atom stereocenters. The van der Waals surface area contributed by atoms with E-state index in [1.54, 1.807) is 0 Å². The van der Waals surface area contributed by atoms with Crippen LogP contribution in [0.1, 0.15) is 5.56 Å². The van der Waals surface area contributed by atoms with Crippen LogP contribution in [0, 0.1) is 10.4 Å². The molecule has 0 heterocycles. The van der Waals surface area contributed by atoms with E-state index >= 15 is 0 Å². The maximum atomic E-state index is 3.30. The molecule has 1 heteroatoms. The third kappa shape index (κ3) is 3.36. The molecule has 0 spiro atoms. The van der Waals surface area contributed by atoms with Gasteiger partial charge in [-0.3, -0.25) is 0 Å². The molecule has 0 radical (unpaired) electrons. The monoisotopic (exact) mass is 200 g/mol. The van der Waals surface area contributed by atoms with Gasteiger partial charge in [0.15, 0.2) is 0 Å². The second-order valence-electron chi connectivity index (χ2n) is 2.79. The molecule has 0 nitrogen and oxygen atoms in total. The SMILES string of the molecule is [CH3][Ga]([CH3])[C]#Cc1ccccc1. The molecule has 0 saturated carbocycles. The standard InChI is InChI=1S/C8H5.2CH3.Ga/c1-2-8-6-4-3-5-7-8;;;/h3-7H;2*1H3;. The van der Waals surface area contributed by atoms with E-state index in [0.717, 1.165) is 5.56 Å². The van der Waals surface area contributed by atoms with Crippen LogP contribution in [0.15, 0.2) is 30.3 Å². The van der Waals surface area contributed by atoms with Crippen molar-refractivity contribution in [2.45, 2.75) is 11.0 Å². The average molecular weight is 201 g/mol. The normalized spacial score (nSPS) is 8.18. The maximum absolute atomic E-state index is 3.30. The minimum atomic E-state index is -1.11. The predicted octanol–water partition coefficient (Wildman–Crippen LogP) is 2.33. The molecule has 0 aliphatic heterocycles. The Morgan fingerprint density at radius 1 is 1.09 bits per heavy atom. The third-order valence-electron chi connectivity index (χ3n) is 1.28. The van der Waals surface area contributed by atoms with Crippen molar-refractivity contribution >= 4 is 16.2 Å². The fourth-order valence-electron chi connectivity index (χ4n) is 0.749. The fourth-order valence-corrected chi connectivity index (χ4v) is 1.70. The Labute approximate surface area is 73.7 Å². The molecule has 54 valence electrons. The van der Waals surface area contributed by atoms with Crippen molar-refractivity contribution in [2.75, 3.05) is 0 Å². The molecule has 0 aromatic heterocycles. The van der Waals surface area contributed by atoms with Gasteiger partial charge in [0, 0.05) is 0 Å². The Hall–Kier alpha value is -0.584. The number of hydrogen-bond donors (Lipinski definition) is 0. The van der Waals surface area contributed by atoms with Crippen LogP contribution in [-0.2, 0) is 0 Å². The van der Waals surface area contributed by atoms with Crippen LogP contribution in [0.25, 0.3) is 0 Å². The molecular weight excluding hydrogens is 190 g/mol. The molecule has 1 aromatic rings. The van der Waals surface area contributed by atoms with Crippen molar-refractivity contribution in [3.05, 3.63) is 35.9 Å². The molecule has 0 N–H and O–H groups in total. The van der Waals surface area contributed by atoms with Gasteiger partial charge in [0.05, 0.1) is 0 Å². The Morgan fingerprint density at radius 2 is 1.73 bits per heavy atom. The molecular formula is C10H11Ga. The zero-order chi connectivity index (χ0) is 8.10. The topological polar surface area (TPSA) is 0 Å². The van der Waals surface area contributed by atoms with Gasteiger partial charge in [-0.05, 0) is 0 Å². The summed E-state index contributed by atoms with van der Waals surface area (Å²) in [5.41, 5.74) is 5.71. The van der Waals surface area contributed by atoms with E-state index in [1.807, 2.05) is 18.2 Å². The third-order valence-corrected chi connectivity index (χ3v) is 2.79. The Kier molecular flexibility index (Phi) is 3.35. The van der Waals surface area contributed by atoms with Gasteiger partial charge in [0.25, 0.3) is 0 Å². The molecule has 1 rings (SSSR count). The quantitative estimate of drug-likeness (QED) is 0.446. The first-order valence-electron chi connectivity index (χ1n) is 3.85. The summed E-state index contributed by atoms with van der Waals surface area (Å²) in [7, 11) is 0. The molecule has 1 aromatic carbocycles. The average Bonchev–Trinajstić information content (AvgIpc) is 2.03. The van der Waals surface area contributed by atoms with Crippen LogP contribution in [0.2, 0.25) is 11.0 Å². The van der Waals surface area contributed by atoms with Crippen LogP contribution >= 0.6 is 0 Å². The molecule has 0 saturated heterocycles. The molecule has 11 heavy (non-hydrogen) atoms. The number of benzene rings is 1. The van der Waals surface area contributed by atoms with E-state index < -0.39 is 16.2 Å². The van der Waals surface area contributed by atoms with E-state index in [2.05, 4.69) is 33.5 Å². The summed E-state index contributed by atoms with van der Waals surface area (Å²) >= 11 is -1.11. The zero-order valence-electron chi connectivity index (χ0n) is 6.96. The second kappa shape index (κ2) is 4.33. The van der Waals surface area contributed by atoms with Crippen LogP contribution in [0.3, 0.4) is 0 Å². The second-order valence-corrected chi connectivity index (χ2v) is 8.24. The van der Waals surface area contributed by atoms with Crippen LogP contribution in [-0.4, -0.2) is 16.2 Å². The summed E-state index contributed by atoms with van der Waals surface area (Å²) in [6.07, 6.45) is 0. The van der Waals surface area contributed by atoms with Gasteiger partial charge in [-0.15, -0.1) is 0 Å². The van der Waals surface area contributed by atoms with Crippen molar-refractivity contribution < 1.29 is 0 Å². The Balaban J connectivity index is 2.75. The summed E-state index contributed by atoms with van der Waals surface area (Å²) in [5, 5.41) is 0. The molecule has 0 amide bonds. The van der Waals surface area contributed by atoms with Crippen molar-refractivity contribution in [3.8, 4) is 10.4 Å². The molecule has 0 atom stereocenters. The first kappa shape index (κ1) is 8.51. The molecule has 0 aliphatic rings. The van der Waals surface area contributed by atoms with E-state index in [-0.39, 0.29) is 0 Å². The van der Waals surface area contributed by atoms with Crippen LogP contribution in [0.4, 0.5) is 0 Å². The van der Waals surface area contributed by atoms with Gasteiger partial charge >= 0.3 is 73.5 Å². The van der Waals surface area contributed by atoms with E-state index in [9.17, 15) is 0 Å². The van der Waals surface area contributed by atoms with Crippen molar-refractivity contribution in [3.63, 3.8) is 0 Å². The van der Waals surface area contributed by atoms with Crippen molar-refractivity contribution in [1.29, 1.82) is 0 Å². The van der Waals surface area contributed by atoms with Crippen LogP contribution in [0.5, 0.6) is 0 Å². The van der Waals surface area contributed by atoms with Crippen molar-refractivity contribution in [2.24, 2.45) is 0 Å². The van der Waals surface area contributed by atoms with Gasteiger partial charge < -0.3 is 0 Å². The summed E-state index contributed by atoms with van der Waals surface area (Å²) in [4.78, 5) is 0. The van der Waals surface area contributed by atoms with Crippen LogP contribution < -0.4 is 0 Å². The number of hydrogen-bond acceptors (Lipinski definition) is 0. The Morgan fingerprint density at radius 3 is 2.27 bits per heavy atom. The molecule has 0 aliphatic carbocycles. The Bertz CT molecular complexity index is 264. The molecule has 0 fully saturated rings. The van der Waals surface area contributed by atoms with Gasteiger partial charge in [-0.1, -0.05) is 0 Å². The first-order chi connectivity index (χ1) is 5.29. The van der Waals surface area contributed by atoms with E-state index in [4.69, 9.17) is 0 Å². The fraction of sp³-hybridized carbons (Fsp3) is 0.200. The summed E-state index contributed by atoms with van der Waals surface area (Å²) in [5.74, 6) is 3.18. The minimum absolute atomic E-state index is 1.11. The van der Waals surface area contributed by atoms with E-state index in [1.165, 1.54) is 0 Å². The van der Waals surface area contributed by atoms with Gasteiger partial charge in [0.2, 0.25) is 0 Å². The summed E-state index contributed by atoms with van der Waals surface area (Å²) in [6, 6.07) is 10.2. The molecule has 0 bridgehead atoms.